The number of hydrogen-bond acceptors (Lipinski definition) is 5. The Morgan fingerprint density at radius 1 is 1.18 bits per heavy atom. The van der Waals surface area contributed by atoms with Crippen LogP contribution in [0.5, 0.6) is 0 Å². The van der Waals surface area contributed by atoms with Gasteiger partial charge in [0.2, 0.25) is 5.95 Å². The minimum atomic E-state index is 0.248. The maximum absolute atomic E-state index is 5.45. The third-order valence-corrected chi connectivity index (χ3v) is 2.57. The van der Waals surface area contributed by atoms with Crippen molar-refractivity contribution in [1.29, 1.82) is 0 Å². The predicted octanol–water partition coefficient (Wildman–Crippen LogP) is 2.18. The number of fused-ring (bicyclic) bond motifs is 1. The van der Waals surface area contributed by atoms with Gasteiger partial charge in [-0.1, -0.05) is 16.8 Å². The molecule has 0 aliphatic heterocycles. The van der Waals surface area contributed by atoms with Crippen LogP contribution in [0.1, 0.15) is 5.56 Å². The van der Waals surface area contributed by atoms with Gasteiger partial charge in [0.05, 0.1) is 5.39 Å². The van der Waals surface area contributed by atoms with Crippen molar-refractivity contribution in [2.45, 2.75) is 6.92 Å². The first-order valence-electron chi connectivity index (χ1n) is 5.18. The number of nitrogens with two attached hydrogens (primary N) is 1. The molecule has 0 spiro atoms. The Morgan fingerprint density at radius 3 is 2.71 bits per heavy atom. The number of benzene rings is 1. The quantitative estimate of drug-likeness (QED) is 0.688. The van der Waals surface area contributed by atoms with Crippen LogP contribution in [-0.2, 0) is 0 Å². The SMILES string of the molecule is Cc1ccc2onc(-c3cnc(N)nc3)c2c1. The second-order valence-corrected chi connectivity index (χ2v) is 3.86. The molecule has 0 saturated carbocycles. The number of aromatic nitrogens is 3. The van der Waals surface area contributed by atoms with Crippen molar-refractivity contribution in [3.05, 3.63) is 36.2 Å². The van der Waals surface area contributed by atoms with Crippen LogP contribution in [0.25, 0.3) is 22.2 Å². The maximum Gasteiger partial charge on any atom is 0.219 e. The van der Waals surface area contributed by atoms with E-state index in [4.69, 9.17) is 10.3 Å². The van der Waals surface area contributed by atoms with E-state index in [-0.39, 0.29) is 5.95 Å². The van der Waals surface area contributed by atoms with Crippen LogP contribution in [0.15, 0.2) is 35.1 Å². The summed E-state index contributed by atoms with van der Waals surface area (Å²) in [6.45, 7) is 2.02. The summed E-state index contributed by atoms with van der Waals surface area (Å²) in [5.74, 6) is 0.248. The molecule has 2 N–H and O–H groups in total. The Labute approximate surface area is 97.3 Å². The molecule has 84 valence electrons. The average molecular weight is 226 g/mol. The smallest absolute Gasteiger partial charge is 0.219 e. The molecule has 3 aromatic rings. The van der Waals surface area contributed by atoms with E-state index in [1.165, 1.54) is 0 Å². The summed E-state index contributed by atoms with van der Waals surface area (Å²) in [5, 5.41) is 5.00. The molecule has 2 heterocycles. The Morgan fingerprint density at radius 2 is 1.94 bits per heavy atom. The Kier molecular flexibility index (Phi) is 2.04. The molecule has 0 fully saturated rings. The highest BCUT2D eigenvalue weighted by Gasteiger charge is 2.10. The third-order valence-electron chi connectivity index (χ3n) is 2.57. The highest BCUT2D eigenvalue weighted by Crippen LogP contribution is 2.27. The maximum atomic E-state index is 5.45. The second kappa shape index (κ2) is 3.55. The molecule has 1 aromatic carbocycles. The van der Waals surface area contributed by atoms with Gasteiger partial charge < -0.3 is 10.3 Å². The Bertz CT molecular complexity index is 673. The zero-order valence-corrected chi connectivity index (χ0v) is 9.21. The van der Waals surface area contributed by atoms with Crippen LogP contribution in [0, 0.1) is 6.92 Å². The Balaban J connectivity index is 2.23. The van der Waals surface area contributed by atoms with Gasteiger partial charge in [-0.3, -0.25) is 0 Å². The molecule has 0 bridgehead atoms. The van der Waals surface area contributed by atoms with Crippen LogP contribution in [0.3, 0.4) is 0 Å². The van der Waals surface area contributed by atoms with E-state index in [1.807, 2.05) is 25.1 Å². The van der Waals surface area contributed by atoms with Gasteiger partial charge in [-0.05, 0) is 19.1 Å². The van der Waals surface area contributed by atoms with Crippen molar-refractivity contribution in [1.82, 2.24) is 15.1 Å². The molecule has 0 unspecified atom stereocenters. The first-order chi connectivity index (χ1) is 8.24. The first-order valence-corrected chi connectivity index (χ1v) is 5.18. The minimum absolute atomic E-state index is 0.248. The normalized spacial score (nSPS) is 10.9. The van der Waals surface area contributed by atoms with E-state index in [0.29, 0.717) is 0 Å². The van der Waals surface area contributed by atoms with Gasteiger partial charge in [0, 0.05) is 18.0 Å². The van der Waals surface area contributed by atoms with Crippen molar-refractivity contribution in [2.75, 3.05) is 5.73 Å². The van der Waals surface area contributed by atoms with E-state index in [0.717, 1.165) is 27.8 Å². The monoisotopic (exact) mass is 226 g/mol. The van der Waals surface area contributed by atoms with Gasteiger partial charge in [0.15, 0.2) is 5.58 Å². The van der Waals surface area contributed by atoms with E-state index in [9.17, 15) is 0 Å². The van der Waals surface area contributed by atoms with Crippen LogP contribution < -0.4 is 5.73 Å². The molecule has 5 nitrogen and oxygen atoms in total. The molecule has 0 amide bonds. The zero-order chi connectivity index (χ0) is 11.8. The minimum Gasteiger partial charge on any atom is -0.368 e. The van der Waals surface area contributed by atoms with E-state index in [2.05, 4.69) is 15.1 Å². The van der Waals surface area contributed by atoms with Crippen LogP contribution in [0.4, 0.5) is 5.95 Å². The molecule has 0 atom stereocenters. The van der Waals surface area contributed by atoms with Gasteiger partial charge in [-0.2, -0.15) is 0 Å². The number of anilines is 1. The molecule has 0 aliphatic rings. The van der Waals surface area contributed by atoms with Gasteiger partial charge in [0.1, 0.15) is 5.69 Å². The number of aryl methyl sites for hydroxylation is 1. The van der Waals surface area contributed by atoms with Crippen molar-refractivity contribution >= 4 is 16.9 Å². The average Bonchev–Trinajstić information content (AvgIpc) is 2.73. The summed E-state index contributed by atoms with van der Waals surface area (Å²) in [5.41, 5.74) is 8.89. The summed E-state index contributed by atoms with van der Waals surface area (Å²) < 4.78 is 5.25. The summed E-state index contributed by atoms with van der Waals surface area (Å²) >= 11 is 0. The summed E-state index contributed by atoms with van der Waals surface area (Å²) in [4.78, 5) is 7.90. The van der Waals surface area contributed by atoms with Crippen LogP contribution >= 0.6 is 0 Å². The number of hydrogen-bond donors (Lipinski definition) is 1. The number of nitrogen functional groups attached to an aromatic ring is 1. The molecule has 0 aliphatic carbocycles. The van der Waals surface area contributed by atoms with Crippen molar-refractivity contribution in [2.24, 2.45) is 0 Å². The molecule has 0 radical (unpaired) electrons. The molecular formula is C12H10N4O. The van der Waals surface area contributed by atoms with Crippen LogP contribution in [-0.4, -0.2) is 15.1 Å². The third kappa shape index (κ3) is 1.61. The van der Waals surface area contributed by atoms with Gasteiger partial charge >= 0.3 is 0 Å². The largest absolute Gasteiger partial charge is 0.368 e. The molecule has 0 saturated heterocycles. The summed E-state index contributed by atoms with van der Waals surface area (Å²) in [7, 11) is 0. The van der Waals surface area contributed by atoms with E-state index >= 15 is 0 Å². The first kappa shape index (κ1) is 9.77. The highest BCUT2D eigenvalue weighted by molar-refractivity contribution is 5.91. The second-order valence-electron chi connectivity index (χ2n) is 3.86. The summed E-state index contributed by atoms with van der Waals surface area (Å²) in [6, 6.07) is 5.91. The lowest BCUT2D eigenvalue weighted by Gasteiger charge is -1.97. The molecule has 2 aromatic heterocycles. The molecular weight excluding hydrogens is 216 g/mol. The highest BCUT2D eigenvalue weighted by atomic mass is 16.5. The van der Waals surface area contributed by atoms with Gasteiger partial charge in [-0.25, -0.2) is 9.97 Å². The van der Waals surface area contributed by atoms with Gasteiger partial charge in [-0.15, -0.1) is 0 Å². The van der Waals surface area contributed by atoms with Gasteiger partial charge in [0.25, 0.3) is 0 Å². The Hall–Kier alpha value is -2.43. The fourth-order valence-corrected chi connectivity index (χ4v) is 1.72. The lowest BCUT2D eigenvalue weighted by atomic mass is 10.1. The van der Waals surface area contributed by atoms with Crippen molar-refractivity contribution < 1.29 is 4.52 Å². The predicted molar refractivity (Wildman–Crippen MR) is 64.2 cm³/mol. The number of rotatable bonds is 1. The lowest BCUT2D eigenvalue weighted by molar-refractivity contribution is 0.459. The fourth-order valence-electron chi connectivity index (χ4n) is 1.72. The molecule has 17 heavy (non-hydrogen) atoms. The standard InChI is InChI=1S/C12H10N4O/c1-7-2-3-10-9(4-7)11(16-17-10)8-5-14-12(13)15-6-8/h2-6H,1H3,(H2,13,14,15). The van der Waals surface area contributed by atoms with Crippen molar-refractivity contribution in [3.63, 3.8) is 0 Å². The van der Waals surface area contributed by atoms with E-state index < -0.39 is 0 Å². The van der Waals surface area contributed by atoms with Crippen molar-refractivity contribution in [3.8, 4) is 11.3 Å². The van der Waals surface area contributed by atoms with Crippen LogP contribution in [0.2, 0.25) is 0 Å². The lowest BCUT2D eigenvalue weighted by Crippen LogP contribution is -1.93. The molecule has 3 rings (SSSR count). The fraction of sp³-hybridized carbons (Fsp3) is 0.0833. The number of nitrogens with zero attached hydrogens (tertiary/aromatic N) is 3. The summed E-state index contributed by atoms with van der Waals surface area (Å²) in [6.07, 6.45) is 3.28. The molecule has 5 heteroatoms. The topological polar surface area (TPSA) is 77.8 Å². The van der Waals surface area contributed by atoms with E-state index in [1.54, 1.807) is 12.4 Å². The zero-order valence-electron chi connectivity index (χ0n) is 9.21.